The molecule has 0 spiro atoms. The topological polar surface area (TPSA) is 36.4 Å². The van der Waals surface area contributed by atoms with Crippen molar-refractivity contribution in [1.82, 2.24) is 14.8 Å². The Bertz CT molecular complexity index is 894. The SMILES string of the molecule is CC(C)(C(=O)N1CCN(Cc2nc3ccccc3s2)CC1)c1ccccc1. The van der Waals surface area contributed by atoms with Crippen LogP contribution < -0.4 is 0 Å². The molecule has 0 atom stereocenters. The Morgan fingerprint density at radius 1 is 1.00 bits per heavy atom. The van der Waals surface area contributed by atoms with Gasteiger partial charge in [-0.25, -0.2) is 4.98 Å². The van der Waals surface area contributed by atoms with E-state index in [-0.39, 0.29) is 5.91 Å². The number of hydrogen-bond acceptors (Lipinski definition) is 4. The summed E-state index contributed by atoms with van der Waals surface area (Å²) in [7, 11) is 0. The van der Waals surface area contributed by atoms with E-state index in [0.717, 1.165) is 48.8 Å². The molecule has 0 N–H and O–H groups in total. The monoisotopic (exact) mass is 379 g/mol. The molecular formula is C22H25N3OS. The number of carbonyl (C=O) groups excluding carboxylic acids is 1. The number of carbonyl (C=O) groups is 1. The highest BCUT2D eigenvalue weighted by Gasteiger charge is 2.35. The number of aromatic nitrogens is 1. The molecule has 1 fully saturated rings. The second-order valence-corrected chi connectivity index (χ2v) is 8.75. The molecule has 1 amide bonds. The number of hydrogen-bond donors (Lipinski definition) is 0. The number of nitrogens with zero attached hydrogens (tertiary/aromatic N) is 3. The second-order valence-electron chi connectivity index (χ2n) is 7.63. The van der Waals surface area contributed by atoms with E-state index < -0.39 is 5.41 Å². The van der Waals surface area contributed by atoms with Gasteiger partial charge in [-0.15, -0.1) is 11.3 Å². The summed E-state index contributed by atoms with van der Waals surface area (Å²) in [5.74, 6) is 0.216. The molecule has 140 valence electrons. The highest BCUT2D eigenvalue weighted by molar-refractivity contribution is 7.18. The van der Waals surface area contributed by atoms with Crippen molar-refractivity contribution in [3.63, 3.8) is 0 Å². The summed E-state index contributed by atoms with van der Waals surface area (Å²) in [5, 5.41) is 1.15. The molecule has 1 aliphatic heterocycles. The largest absolute Gasteiger partial charge is 0.339 e. The Hall–Kier alpha value is -2.24. The third kappa shape index (κ3) is 3.75. The van der Waals surface area contributed by atoms with Crippen LogP contribution in [0.5, 0.6) is 0 Å². The first kappa shape index (κ1) is 18.1. The molecule has 0 aliphatic carbocycles. The van der Waals surface area contributed by atoms with Gasteiger partial charge in [0.2, 0.25) is 5.91 Å². The number of piperazine rings is 1. The zero-order valence-corrected chi connectivity index (χ0v) is 16.7. The average molecular weight is 380 g/mol. The van der Waals surface area contributed by atoms with Gasteiger partial charge in [0.15, 0.2) is 0 Å². The van der Waals surface area contributed by atoms with Crippen molar-refractivity contribution in [2.75, 3.05) is 26.2 Å². The minimum absolute atomic E-state index is 0.216. The highest BCUT2D eigenvalue weighted by atomic mass is 32.1. The Kier molecular flexibility index (Phi) is 4.98. The van der Waals surface area contributed by atoms with Crippen molar-refractivity contribution < 1.29 is 4.79 Å². The van der Waals surface area contributed by atoms with Crippen LogP contribution in [0.3, 0.4) is 0 Å². The van der Waals surface area contributed by atoms with Gasteiger partial charge in [-0.3, -0.25) is 9.69 Å². The summed E-state index contributed by atoms with van der Waals surface area (Å²) >= 11 is 1.77. The van der Waals surface area contributed by atoms with Gasteiger partial charge in [-0.05, 0) is 31.5 Å². The maximum Gasteiger partial charge on any atom is 0.232 e. The van der Waals surface area contributed by atoms with Gasteiger partial charge in [-0.2, -0.15) is 0 Å². The molecular weight excluding hydrogens is 354 g/mol. The van der Waals surface area contributed by atoms with Gasteiger partial charge in [0, 0.05) is 26.2 Å². The maximum atomic E-state index is 13.1. The standard InChI is InChI=1S/C22H25N3OS/c1-22(2,17-8-4-3-5-9-17)21(26)25-14-12-24(13-15-25)16-20-23-18-10-6-7-11-19(18)27-20/h3-11H,12-16H2,1-2H3. The molecule has 5 heteroatoms. The van der Waals surface area contributed by atoms with E-state index in [1.807, 2.05) is 55.1 Å². The zero-order chi connectivity index (χ0) is 18.9. The van der Waals surface area contributed by atoms with Crippen molar-refractivity contribution in [3.05, 3.63) is 65.2 Å². The summed E-state index contributed by atoms with van der Waals surface area (Å²) in [5.41, 5.74) is 1.67. The first-order chi connectivity index (χ1) is 13.0. The predicted molar refractivity (Wildman–Crippen MR) is 111 cm³/mol. The molecule has 3 aromatic rings. The summed E-state index contributed by atoms with van der Waals surface area (Å²) in [6.45, 7) is 8.26. The van der Waals surface area contributed by atoms with Crippen LogP contribution in [0.1, 0.15) is 24.4 Å². The van der Waals surface area contributed by atoms with E-state index in [0.29, 0.717) is 0 Å². The minimum Gasteiger partial charge on any atom is -0.339 e. The van der Waals surface area contributed by atoms with Crippen LogP contribution in [0.15, 0.2) is 54.6 Å². The van der Waals surface area contributed by atoms with Crippen LogP contribution in [-0.4, -0.2) is 46.9 Å². The fourth-order valence-corrected chi connectivity index (χ4v) is 4.67. The Labute approximate surface area is 164 Å². The molecule has 4 nitrogen and oxygen atoms in total. The number of rotatable bonds is 4. The molecule has 2 heterocycles. The Morgan fingerprint density at radius 2 is 1.67 bits per heavy atom. The molecule has 1 aliphatic rings. The quantitative estimate of drug-likeness (QED) is 0.689. The Morgan fingerprint density at radius 3 is 2.37 bits per heavy atom. The molecule has 4 rings (SSSR count). The predicted octanol–water partition coefficient (Wildman–Crippen LogP) is 3.92. The first-order valence-corrected chi connectivity index (χ1v) is 10.3. The molecule has 27 heavy (non-hydrogen) atoms. The van der Waals surface area contributed by atoms with Gasteiger partial charge in [0.25, 0.3) is 0 Å². The van der Waals surface area contributed by atoms with E-state index in [1.165, 1.54) is 4.70 Å². The molecule has 0 saturated carbocycles. The first-order valence-electron chi connectivity index (χ1n) is 9.46. The fourth-order valence-electron chi connectivity index (χ4n) is 3.66. The van der Waals surface area contributed by atoms with E-state index in [9.17, 15) is 4.79 Å². The molecule has 0 radical (unpaired) electrons. The average Bonchev–Trinajstić information content (AvgIpc) is 3.11. The van der Waals surface area contributed by atoms with Gasteiger partial charge >= 0.3 is 0 Å². The number of benzene rings is 2. The molecule has 0 unspecified atom stereocenters. The fraction of sp³-hybridized carbons (Fsp3) is 0.364. The van der Waals surface area contributed by atoms with Crippen LogP contribution in [0, 0.1) is 0 Å². The summed E-state index contributed by atoms with van der Waals surface area (Å²) in [6, 6.07) is 18.4. The van der Waals surface area contributed by atoms with Crippen LogP contribution in [0.25, 0.3) is 10.2 Å². The van der Waals surface area contributed by atoms with Gasteiger partial charge in [-0.1, -0.05) is 42.5 Å². The van der Waals surface area contributed by atoms with Crippen LogP contribution in [0.4, 0.5) is 0 Å². The van der Waals surface area contributed by atoms with E-state index in [2.05, 4.69) is 23.1 Å². The van der Waals surface area contributed by atoms with E-state index in [4.69, 9.17) is 4.98 Å². The number of amides is 1. The van der Waals surface area contributed by atoms with Crippen LogP contribution in [-0.2, 0) is 16.8 Å². The van der Waals surface area contributed by atoms with Crippen molar-refractivity contribution >= 4 is 27.5 Å². The van der Waals surface area contributed by atoms with Gasteiger partial charge in [0.1, 0.15) is 5.01 Å². The summed E-state index contributed by atoms with van der Waals surface area (Å²) < 4.78 is 1.24. The lowest BCUT2D eigenvalue weighted by molar-refractivity contribution is -0.138. The van der Waals surface area contributed by atoms with Crippen LogP contribution >= 0.6 is 11.3 Å². The molecule has 1 saturated heterocycles. The smallest absolute Gasteiger partial charge is 0.232 e. The van der Waals surface area contributed by atoms with Crippen molar-refractivity contribution in [2.24, 2.45) is 0 Å². The second kappa shape index (κ2) is 7.41. The van der Waals surface area contributed by atoms with Gasteiger partial charge < -0.3 is 4.90 Å². The van der Waals surface area contributed by atoms with Crippen molar-refractivity contribution in [3.8, 4) is 0 Å². The lowest BCUT2D eigenvalue weighted by Crippen LogP contribution is -2.52. The summed E-state index contributed by atoms with van der Waals surface area (Å²) in [6.07, 6.45) is 0. The summed E-state index contributed by atoms with van der Waals surface area (Å²) in [4.78, 5) is 22.3. The van der Waals surface area contributed by atoms with Gasteiger partial charge in [0.05, 0.1) is 22.2 Å². The highest BCUT2D eigenvalue weighted by Crippen LogP contribution is 2.27. The normalized spacial score (nSPS) is 16.0. The van der Waals surface area contributed by atoms with Crippen LogP contribution in [0.2, 0.25) is 0 Å². The van der Waals surface area contributed by atoms with Crippen molar-refractivity contribution in [2.45, 2.75) is 25.8 Å². The number of fused-ring (bicyclic) bond motifs is 1. The third-order valence-electron chi connectivity index (χ3n) is 5.39. The third-order valence-corrected chi connectivity index (χ3v) is 6.41. The molecule has 2 aromatic carbocycles. The van der Waals surface area contributed by atoms with Crippen molar-refractivity contribution in [1.29, 1.82) is 0 Å². The van der Waals surface area contributed by atoms with E-state index >= 15 is 0 Å². The number of para-hydroxylation sites is 1. The zero-order valence-electron chi connectivity index (χ0n) is 15.9. The number of thiazole rings is 1. The maximum absolute atomic E-state index is 13.1. The molecule has 1 aromatic heterocycles. The van der Waals surface area contributed by atoms with E-state index in [1.54, 1.807) is 11.3 Å². The Balaban J connectivity index is 1.37. The molecule has 0 bridgehead atoms. The minimum atomic E-state index is -0.490. The lowest BCUT2D eigenvalue weighted by atomic mass is 9.83. The lowest BCUT2D eigenvalue weighted by Gasteiger charge is -2.38.